The highest BCUT2D eigenvalue weighted by atomic mass is 35.5. The fraction of sp³-hybridized carbons (Fsp3) is 0.750. The number of rotatable bonds is 4. The molecule has 0 spiro atoms. The first-order chi connectivity index (χ1) is 8.52. The number of nitrogens with zero attached hydrogens (tertiary/aromatic N) is 2. The molecule has 0 unspecified atom stereocenters. The molecule has 0 bridgehead atoms. The Hall–Kier alpha value is -0.620. The Labute approximate surface area is 112 Å². The lowest BCUT2D eigenvalue weighted by atomic mass is 9.94. The number of hydrogen-bond acceptors (Lipinski definition) is 4. The molecule has 0 radical (unpaired) electrons. The molecule has 0 atom stereocenters. The van der Waals surface area contributed by atoms with Gasteiger partial charge in [-0.25, -0.2) is 0 Å². The first-order valence-corrected chi connectivity index (χ1v) is 6.58. The zero-order chi connectivity index (χ0) is 13.2. The average molecular weight is 274 g/mol. The second-order valence-corrected chi connectivity index (χ2v) is 5.28. The normalized spacial score (nSPS) is 19.1. The summed E-state index contributed by atoms with van der Waals surface area (Å²) in [6, 6.07) is 0. The van der Waals surface area contributed by atoms with Gasteiger partial charge in [0.1, 0.15) is 5.15 Å². The average Bonchev–Trinajstić information content (AvgIpc) is 2.56. The number of aliphatic hydroxyl groups is 1. The summed E-state index contributed by atoms with van der Waals surface area (Å²) >= 11 is 6.15. The van der Waals surface area contributed by atoms with Gasteiger partial charge in [0.05, 0.1) is 11.3 Å². The largest absolute Gasteiger partial charge is 0.388 e. The third-order valence-electron chi connectivity index (χ3n) is 3.45. The summed E-state index contributed by atoms with van der Waals surface area (Å²) in [7, 11) is 1.82. The summed E-state index contributed by atoms with van der Waals surface area (Å²) in [6.07, 6.45) is 1.36. The number of nitrogens with one attached hydrogen (secondary N) is 1. The van der Waals surface area contributed by atoms with Gasteiger partial charge >= 0.3 is 0 Å². The zero-order valence-corrected chi connectivity index (χ0v) is 11.6. The van der Waals surface area contributed by atoms with Crippen molar-refractivity contribution in [3.05, 3.63) is 16.4 Å². The van der Waals surface area contributed by atoms with Crippen molar-refractivity contribution >= 4 is 11.6 Å². The van der Waals surface area contributed by atoms with E-state index in [2.05, 4.69) is 10.4 Å². The van der Waals surface area contributed by atoms with Crippen LogP contribution in [0.25, 0.3) is 0 Å². The van der Waals surface area contributed by atoms with Crippen LogP contribution in [0.1, 0.15) is 24.1 Å². The third-order valence-corrected chi connectivity index (χ3v) is 3.92. The highest BCUT2D eigenvalue weighted by Crippen LogP contribution is 2.21. The molecular formula is C12H20ClN3O2. The minimum Gasteiger partial charge on any atom is -0.388 e. The Morgan fingerprint density at radius 1 is 1.50 bits per heavy atom. The molecule has 2 N–H and O–H groups in total. The minimum atomic E-state index is -0.652. The molecule has 1 aromatic heterocycles. The molecule has 1 aromatic rings. The van der Waals surface area contributed by atoms with Crippen LogP contribution in [0.2, 0.25) is 5.15 Å². The van der Waals surface area contributed by atoms with Crippen LogP contribution in [0.3, 0.4) is 0 Å². The Morgan fingerprint density at radius 3 is 2.72 bits per heavy atom. The van der Waals surface area contributed by atoms with E-state index in [0.29, 0.717) is 44.3 Å². The van der Waals surface area contributed by atoms with Crippen molar-refractivity contribution in [1.82, 2.24) is 15.1 Å². The van der Waals surface area contributed by atoms with E-state index in [1.165, 1.54) is 0 Å². The summed E-state index contributed by atoms with van der Waals surface area (Å²) in [5.41, 5.74) is 1.27. The van der Waals surface area contributed by atoms with Crippen molar-refractivity contribution in [3.63, 3.8) is 0 Å². The van der Waals surface area contributed by atoms with Gasteiger partial charge < -0.3 is 15.2 Å². The van der Waals surface area contributed by atoms with Gasteiger partial charge in [0, 0.05) is 51.8 Å². The molecule has 5 nitrogen and oxygen atoms in total. The van der Waals surface area contributed by atoms with E-state index in [9.17, 15) is 5.11 Å². The van der Waals surface area contributed by atoms with Crippen molar-refractivity contribution in [2.45, 2.75) is 31.9 Å². The van der Waals surface area contributed by atoms with Gasteiger partial charge in [0.2, 0.25) is 0 Å². The Morgan fingerprint density at radius 2 is 2.17 bits per heavy atom. The molecule has 18 heavy (non-hydrogen) atoms. The lowest BCUT2D eigenvalue weighted by molar-refractivity contribution is -0.0617. The number of aryl methyl sites for hydroxylation is 2. The molecule has 2 heterocycles. The number of ether oxygens (including phenoxy) is 1. The quantitative estimate of drug-likeness (QED) is 0.860. The fourth-order valence-corrected chi connectivity index (χ4v) is 2.46. The van der Waals surface area contributed by atoms with Gasteiger partial charge in [0.15, 0.2) is 0 Å². The van der Waals surface area contributed by atoms with Crippen LogP contribution in [-0.2, 0) is 18.3 Å². The number of hydrogen-bond donors (Lipinski definition) is 2. The first-order valence-electron chi connectivity index (χ1n) is 6.21. The van der Waals surface area contributed by atoms with Crippen LogP contribution in [0.15, 0.2) is 0 Å². The van der Waals surface area contributed by atoms with Gasteiger partial charge in [0.25, 0.3) is 0 Å². The maximum Gasteiger partial charge on any atom is 0.131 e. The molecule has 1 fully saturated rings. The van der Waals surface area contributed by atoms with Gasteiger partial charge in [-0.15, -0.1) is 0 Å². The fourth-order valence-electron chi connectivity index (χ4n) is 2.22. The van der Waals surface area contributed by atoms with Crippen molar-refractivity contribution in [2.75, 3.05) is 19.8 Å². The monoisotopic (exact) mass is 273 g/mol. The summed E-state index contributed by atoms with van der Waals surface area (Å²) in [4.78, 5) is 0. The zero-order valence-electron chi connectivity index (χ0n) is 10.9. The molecule has 1 aliphatic rings. The molecule has 0 aromatic carbocycles. The molecule has 0 saturated carbocycles. The third kappa shape index (κ3) is 3.03. The Kier molecular flexibility index (Phi) is 4.27. The van der Waals surface area contributed by atoms with Gasteiger partial charge in [-0.2, -0.15) is 5.10 Å². The second kappa shape index (κ2) is 5.57. The summed E-state index contributed by atoms with van der Waals surface area (Å²) < 4.78 is 6.91. The lowest BCUT2D eigenvalue weighted by Gasteiger charge is -2.32. The highest BCUT2D eigenvalue weighted by Gasteiger charge is 2.29. The van der Waals surface area contributed by atoms with E-state index in [1.54, 1.807) is 4.68 Å². The Bertz CT molecular complexity index is 414. The van der Waals surface area contributed by atoms with E-state index in [1.807, 2.05) is 14.0 Å². The van der Waals surface area contributed by atoms with Gasteiger partial charge in [-0.05, 0) is 6.92 Å². The topological polar surface area (TPSA) is 59.3 Å². The predicted molar refractivity (Wildman–Crippen MR) is 69.7 cm³/mol. The molecule has 1 aliphatic heterocycles. The van der Waals surface area contributed by atoms with E-state index in [0.717, 1.165) is 11.3 Å². The highest BCUT2D eigenvalue weighted by molar-refractivity contribution is 6.30. The molecule has 2 rings (SSSR count). The van der Waals surface area contributed by atoms with Crippen molar-refractivity contribution in [3.8, 4) is 0 Å². The molecule has 1 saturated heterocycles. The van der Waals surface area contributed by atoms with E-state index in [-0.39, 0.29) is 0 Å². The van der Waals surface area contributed by atoms with Crippen LogP contribution in [0.5, 0.6) is 0 Å². The van der Waals surface area contributed by atoms with Crippen molar-refractivity contribution in [1.29, 1.82) is 0 Å². The van der Waals surface area contributed by atoms with Crippen LogP contribution in [0, 0.1) is 6.92 Å². The SMILES string of the molecule is Cc1nn(C)c(Cl)c1CNCC1(O)CCOCC1. The summed E-state index contributed by atoms with van der Waals surface area (Å²) in [5, 5.41) is 18.5. The molecular weight excluding hydrogens is 254 g/mol. The molecule has 6 heteroatoms. The predicted octanol–water partition coefficient (Wildman–Crippen LogP) is 1.01. The Balaban J connectivity index is 1.88. The minimum absolute atomic E-state index is 0.557. The van der Waals surface area contributed by atoms with Crippen molar-refractivity contribution < 1.29 is 9.84 Å². The van der Waals surface area contributed by atoms with E-state index >= 15 is 0 Å². The number of aromatic nitrogens is 2. The number of halogens is 1. The first kappa shape index (κ1) is 13.8. The van der Waals surface area contributed by atoms with Gasteiger partial charge in [-0.3, -0.25) is 4.68 Å². The smallest absolute Gasteiger partial charge is 0.131 e. The maximum atomic E-state index is 10.3. The summed E-state index contributed by atoms with van der Waals surface area (Å²) in [5.74, 6) is 0. The van der Waals surface area contributed by atoms with E-state index in [4.69, 9.17) is 16.3 Å². The standard InChI is InChI=1S/C12H20ClN3O2/c1-9-10(11(13)16(2)15-9)7-14-8-12(17)3-5-18-6-4-12/h14,17H,3-8H2,1-2H3. The van der Waals surface area contributed by atoms with E-state index < -0.39 is 5.60 Å². The van der Waals surface area contributed by atoms with Crippen LogP contribution in [-0.4, -0.2) is 40.2 Å². The summed E-state index contributed by atoms with van der Waals surface area (Å²) in [6.45, 7) is 4.38. The second-order valence-electron chi connectivity index (χ2n) is 4.92. The lowest BCUT2D eigenvalue weighted by Crippen LogP contribution is -2.44. The van der Waals surface area contributed by atoms with Crippen molar-refractivity contribution in [2.24, 2.45) is 7.05 Å². The maximum absolute atomic E-state index is 10.3. The van der Waals surface area contributed by atoms with Crippen LogP contribution in [0.4, 0.5) is 0 Å². The van der Waals surface area contributed by atoms with Crippen LogP contribution < -0.4 is 5.32 Å². The molecule has 0 aliphatic carbocycles. The van der Waals surface area contributed by atoms with Gasteiger partial charge in [-0.1, -0.05) is 11.6 Å². The molecule has 0 amide bonds. The van der Waals surface area contributed by atoms with Crippen LogP contribution >= 0.6 is 11.6 Å². The molecule has 102 valence electrons.